The van der Waals surface area contributed by atoms with Crippen molar-refractivity contribution in [3.05, 3.63) is 95.2 Å². The van der Waals surface area contributed by atoms with Crippen LogP contribution in [0.5, 0.6) is 5.75 Å². The lowest BCUT2D eigenvalue weighted by atomic mass is 10.1. The number of hydrogen-bond acceptors (Lipinski definition) is 4. The summed E-state index contributed by atoms with van der Waals surface area (Å²) in [5.74, 6) is 0.0510. The van der Waals surface area contributed by atoms with Crippen LogP contribution in [0, 0.1) is 6.92 Å². The third kappa shape index (κ3) is 4.42. The van der Waals surface area contributed by atoms with E-state index in [1.54, 1.807) is 25.1 Å². The van der Waals surface area contributed by atoms with Crippen LogP contribution in [0.2, 0.25) is 0 Å². The van der Waals surface area contributed by atoms with Crippen LogP contribution in [0.25, 0.3) is 11.0 Å². The van der Waals surface area contributed by atoms with E-state index in [1.165, 1.54) is 5.56 Å². The fourth-order valence-electron chi connectivity index (χ4n) is 3.45. The number of furan rings is 1. The van der Waals surface area contributed by atoms with Gasteiger partial charge in [-0.3, -0.25) is 9.59 Å². The Morgan fingerprint density at radius 3 is 2.34 bits per heavy atom. The summed E-state index contributed by atoms with van der Waals surface area (Å²) in [7, 11) is 0. The number of rotatable bonds is 7. The van der Waals surface area contributed by atoms with E-state index in [1.807, 2.05) is 61.5 Å². The minimum atomic E-state index is -0.765. The Balaban J connectivity index is 1.61. The third-order valence-corrected chi connectivity index (χ3v) is 5.38. The number of para-hydroxylation sites is 1. The van der Waals surface area contributed by atoms with Gasteiger partial charge in [0.15, 0.2) is 11.9 Å². The zero-order valence-corrected chi connectivity index (χ0v) is 18.3. The van der Waals surface area contributed by atoms with E-state index >= 15 is 0 Å². The number of benzene rings is 3. The maximum Gasteiger partial charge on any atom is 0.265 e. The third-order valence-electron chi connectivity index (χ3n) is 5.38. The molecule has 0 bridgehead atoms. The molecule has 0 fully saturated rings. The van der Waals surface area contributed by atoms with Crippen molar-refractivity contribution < 1.29 is 18.7 Å². The predicted molar refractivity (Wildman–Crippen MR) is 125 cm³/mol. The Hall–Kier alpha value is -3.86. The number of ketones is 1. The van der Waals surface area contributed by atoms with Crippen molar-refractivity contribution in [2.45, 2.75) is 33.3 Å². The number of anilines is 1. The Kier molecular flexibility index (Phi) is 6.08. The molecule has 5 heteroatoms. The number of ether oxygens (including phenoxy) is 1. The first-order valence-electron chi connectivity index (χ1n) is 10.7. The fourth-order valence-corrected chi connectivity index (χ4v) is 3.45. The average molecular weight is 428 g/mol. The van der Waals surface area contributed by atoms with Gasteiger partial charge in [0.05, 0.1) is 5.69 Å². The second kappa shape index (κ2) is 9.10. The molecule has 32 heavy (non-hydrogen) atoms. The summed E-state index contributed by atoms with van der Waals surface area (Å²) >= 11 is 0. The summed E-state index contributed by atoms with van der Waals surface area (Å²) < 4.78 is 11.7. The van der Waals surface area contributed by atoms with Crippen LogP contribution in [0.3, 0.4) is 0 Å². The lowest BCUT2D eigenvalue weighted by Crippen LogP contribution is -2.30. The topological polar surface area (TPSA) is 68.5 Å². The van der Waals surface area contributed by atoms with Gasteiger partial charge in [-0.15, -0.1) is 0 Å². The van der Waals surface area contributed by atoms with Crippen molar-refractivity contribution in [3.8, 4) is 5.75 Å². The molecule has 0 radical (unpaired) electrons. The highest BCUT2D eigenvalue weighted by Gasteiger charge is 2.25. The van der Waals surface area contributed by atoms with Gasteiger partial charge in [-0.1, -0.05) is 61.0 Å². The summed E-state index contributed by atoms with van der Waals surface area (Å²) in [6, 6.07) is 22.1. The van der Waals surface area contributed by atoms with Crippen LogP contribution >= 0.6 is 0 Å². The molecule has 4 rings (SSSR count). The standard InChI is InChI=1S/C27H25NO4/c1-4-19-11-15-21(16-12-19)31-18(3)27(30)28-24-22-7-5-6-8-23(22)32-26(24)25(29)20-13-9-17(2)10-14-20/h5-16,18H,4H2,1-3H3,(H,28,30)/t18-/m0/s1. The van der Waals surface area contributed by atoms with Gasteiger partial charge < -0.3 is 14.5 Å². The van der Waals surface area contributed by atoms with Crippen LogP contribution in [0.15, 0.2) is 77.2 Å². The van der Waals surface area contributed by atoms with E-state index in [0.29, 0.717) is 28.0 Å². The van der Waals surface area contributed by atoms with Gasteiger partial charge in [0.25, 0.3) is 5.91 Å². The predicted octanol–water partition coefficient (Wildman–Crippen LogP) is 5.94. The number of amides is 1. The summed E-state index contributed by atoms with van der Waals surface area (Å²) in [5, 5.41) is 3.52. The van der Waals surface area contributed by atoms with Crippen molar-refractivity contribution in [2.75, 3.05) is 5.32 Å². The van der Waals surface area contributed by atoms with Crippen LogP contribution in [0.4, 0.5) is 5.69 Å². The van der Waals surface area contributed by atoms with E-state index in [2.05, 4.69) is 12.2 Å². The van der Waals surface area contributed by atoms with Crippen LogP contribution < -0.4 is 10.1 Å². The Bertz CT molecular complexity index is 1250. The molecule has 1 N–H and O–H groups in total. The van der Waals surface area contributed by atoms with Crippen LogP contribution in [-0.2, 0) is 11.2 Å². The maximum absolute atomic E-state index is 13.2. The number of hydrogen-bond donors (Lipinski definition) is 1. The fraction of sp³-hybridized carbons (Fsp3) is 0.185. The minimum absolute atomic E-state index is 0.0999. The molecule has 1 aromatic heterocycles. The normalized spacial score (nSPS) is 11.8. The van der Waals surface area contributed by atoms with Crippen molar-refractivity contribution in [1.29, 1.82) is 0 Å². The summed E-state index contributed by atoms with van der Waals surface area (Å²) in [5.41, 5.74) is 3.62. The molecule has 1 amide bonds. The van der Waals surface area contributed by atoms with Crippen molar-refractivity contribution in [2.24, 2.45) is 0 Å². The molecule has 0 saturated carbocycles. The molecule has 0 spiro atoms. The van der Waals surface area contributed by atoms with E-state index in [4.69, 9.17) is 9.15 Å². The summed E-state index contributed by atoms with van der Waals surface area (Å²) in [6.07, 6.45) is 0.167. The minimum Gasteiger partial charge on any atom is -0.481 e. The number of nitrogens with one attached hydrogen (secondary N) is 1. The molecular formula is C27H25NO4. The molecule has 4 aromatic rings. The van der Waals surface area contributed by atoms with Gasteiger partial charge in [0.2, 0.25) is 5.78 Å². The molecule has 0 aliphatic carbocycles. The molecule has 3 aromatic carbocycles. The first-order chi connectivity index (χ1) is 15.5. The first kappa shape index (κ1) is 21.4. The van der Waals surface area contributed by atoms with E-state index in [9.17, 15) is 9.59 Å². The van der Waals surface area contributed by atoms with Crippen LogP contribution in [-0.4, -0.2) is 17.8 Å². The molecule has 0 aliphatic heterocycles. The number of fused-ring (bicyclic) bond motifs is 1. The van der Waals surface area contributed by atoms with Crippen molar-refractivity contribution in [1.82, 2.24) is 0 Å². The van der Waals surface area contributed by atoms with Crippen molar-refractivity contribution in [3.63, 3.8) is 0 Å². The smallest absolute Gasteiger partial charge is 0.265 e. The van der Waals surface area contributed by atoms with Gasteiger partial charge in [0, 0.05) is 10.9 Å². The largest absolute Gasteiger partial charge is 0.481 e. The van der Waals surface area contributed by atoms with Gasteiger partial charge in [-0.2, -0.15) is 0 Å². The van der Waals surface area contributed by atoms with Crippen LogP contribution in [0.1, 0.15) is 41.1 Å². The highest BCUT2D eigenvalue weighted by molar-refractivity contribution is 6.17. The lowest BCUT2D eigenvalue weighted by molar-refractivity contribution is -0.122. The highest BCUT2D eigenvalue weighted by Crippen LogP contribution is 2.33. The summed E-state index contributed by atoms with van der Waals surface area (Å²) in [4.78, 5) is 26.1. The Labute approximate surface area is 187 Å². The lowest BCUT2D eigenvalue weighted by Gasteiger charge is -2.15. The number of aryl methyl sites for hydroxylation is 2. The number of carbonyl (C=O) groups is 2. The van der Waals surface area contributed by atoms with E-state index in [-0.39, 0.29) is 17.5 Å². The van der Waals surface area contributed by atoms with Gasteiger partial charge in [-0.25, -0.2) is 0 Å². The quantitative estimate of drug-likeness (QED) is 0.371. The zero-order chi connectivity index (χ0) is 22.7. The molecular weight excluding hydrogens is 402 g/mol. The second-order valence-electron chi connectivity index (χ2n) is 7.74. The van der Waals surface area contributed by atoms with Gasteiger partial charge in [0.1, 0.15) is 11.3 Å². The molecule has 0 saturated heterocycles. The molecule has 5 nitrogen and oxygen atoms in total. The molecule has 0 unspecified atom stereocenters. The van der Waals surface area contributed by atoms with E-state index < -0.39 is 6.10 Å². The highest BCUT2D eigenvalue weighted by atomic mass is 16.5. The van der Waals surface area contributed by atoms with Gasteiger partial charge in [-0.05, 0) is 50.1 Å². The number of carbonyl (C=O) groups excluding carboxylic acids is 2. The zero-order valence-electron chi connectivity index (χ0n) is 18.3. The summed E-state index contributed by atoms with van der Waals surface area (Å²) in [6.45, 7) is 5.71. The Morgan fingerprint density at radius 2 is 1.66 bits per heavy atom. The molecule has 1 atom stereocenters. The molecule has 1 heterocycles. The second-order valence-corrected chi connectivity index (χ2v) is 7.74. The first-order valence-corrected chi connectivity index (χ1v) is 10.7. The monoisotopic (exact) mass is 427 g/mol. The average Bonchev–Trinajstić information content (AvgIpc) is 3.18. The van der Waals surface area contributed by atoms with E-state index in [0.717, 1.165) is 12.0 Å². The maximum atomic E-state index is 13.2. The molecule has 0 aliphatic rings. The SMILES string of the molecule is CCc1ccc(O[C@@H](C)C(=O)Nc2c(C(=O)c3ccc(C)cc3)oc3ccccc23)cc1. The van der Waals surface area contributed by atoms with Gasteiger partial charge >= 0.3 is 0 Å². The molecule has 162 valence electrons. The Morgan fingerprint density at radius 1 is 0.969 bits per heavy atom. The van der Waals surface area contributed by atoms with Crippen molar-refractivity contribution >= 4 is 28.3 Å².